The monoisotopic (exact) mass is 226 g/mol. The summed E-state index contributed by atoms with van der Waals surface area (Å²) < 4.78 is 25.8. The molecule has 1 fully saturated rings. The molecule has 0 N–H and O–H groups in total. The average Bonchev–Trinajstić information content (AvgIpc) is 2.33. The highest BCUT2D eigenvalue weighted by molar-refractivity contribution is 5.47. The Kier molecular flexibility index (Phi) is 3.39. The number of benzene rings is 1. The fourth-order valence-electron chi connectivity index (χ4n) is 2.00. The van der Waals surface area contributed by atoms with Crippen LogP contribution in [-0.4, -0.2) is 37.6 Å². The Hall–Kier alpha value is -1.16. The molecule has 4 heteroatoms. The Morgan fingerprint density at radius 3 is 2.31 bits per heavy atom. The number of halogens is 2. The molecule has 1 saturated heterocycles. The van der Waals surface area contributed by atoms with Crippen molar-refractivity contribution < 1.29 is 8.78 Å². The molecule has 0 aromatic heterocycles. The van der Waals surface area contributed by atoms with Gasteiger partial charge in [0.25, 0.3) is 0 Å². The van der Waals surface area contributed by atoms with E-state index < -0.39 is 11.6 Å². The smallest absolute Gasteiger partial charge is 0.160 e. The standard InChI is InChI=1S/C12H16F2N2/c1-2-15-5-7-16(8-6-15)10-3-4-11(13)12(14)9-10/h3-4,9H,2,5-8H2,1H3. The van der Waals surface area contributed by atoms with Crippen LogP contribution in [-0.2, 0) is 0 Å². The molecule has 0 saturated carbocycles. The van der Waals surface area contributed by atoms with E-state index in [9.17, 15) is 8.78 Å². The predicted molar refractivity (Wildman–Crippen MR) is 60.7 cm³/mol. The molecule has 0 spiro atoms. The Balaban J connectivity index is 2.05. The Bertz CT molecular complexity index is 360. The number of rotatable bonds is 2. The molecule has 0 aliphatic carbocycles. The van der Waals surface area contributed by atoms with Gasteiger partial charge in [-0.05, 0) is 18.7 Å². The summed E-state index contributed by atoms with van der Waals surface area (Å²) >= 11 is 0. The lowest BCUT2D eigenvalue weighted by atomic mass is 10.2. The molecule has 0 atom stereocenters. The molecule has 1 aliphatic heterocycles. The van der Waals surface area contributed by atoms with Gasteiger partial charge in [-0.15, -0.1) is 0 Å². The first-order chi connectivity index (χ1) is 7.70. The summed E-state index contributed by atoms with van der Waals surface area (Å²) in [6.07, 6.45) is 0. The summed E-state index contributed by atoms with van der Waals surface area (Å²) in [5.74, 6) is -1.55. The lowest BCUT2D eigenvalue weighted by Crippen LogP contribution is -2.46. The van der Waals surface area contributed by atoms with Gasteiger partial charge in [-0.1, -0.05) is 6.92 Å². The highest BCUT2D eigenvalue weighted by Gasteiger charge is 2.16. The molecule has 1 aliphatic rings. The van der Waals surface area contributed by atoms with E-state index in [1.807, 2.05) is 0 Å². The fourth-order valence-corrected chi connectivity index (χ4v) is 2.00. The first-order valence-electron chi connectivity index (χ1n) is 5.63. The molecule has 16 heavy (non-hydrogen) atoms. The number of likely N-dealkylation sites (N-methyl/N-ethyl adjacent to an activating group) is 1. The van der Waals surface area contributed by atoms with Crippen LogP contribution in [0.5, 0.6) is 0 Å². The lowest BCUT2D eigenvalue weighted by Gasteiger charge is -2.35. The first kappa shape index (κ1) is 11.3. The van der Waals surface area contributed by atoms with Crippen LogP contribution in [0.2, 0.25) is 0 Å². The van der Waals surface area contributed by atoms with Gasteiger partial charge in [0.05, 0.1) is 0 Å². The molecule has 0 bridgehead atoms. The number of anilines is 1. The van der Waals surface area contributed by atoms with Crippen LogP contribution in [0.15, 0.2) is 18.2 Å². The maximum Gasteiger partial charge on any atom is 0.160 e. The predicted octanol–water partition coefficient (Wildman–Crippen LogP) is 2.11. The van der Waals surface area contributed by atoms with E-state index in [0.29, 0.717) is 0 Å². The summed E-state index contributed by atoms with van der Waals surface area (Å²) in [7, 11) is 0. The third-order valence-electron chi connectivity index (χ3n) is 3.09. The third kappa shape index (κ3) is 2.32. The summed E-state index contributed by atoms with van der Waals surface area (Å²) in [6, 6.07) is 4.10. The Morgan fingerprint density at radius 1 is 1.06 bits per heavy atom. The normalized spacial score (nSPS) is 17.8. The van der Waals surface area contributed by atoms with Gasteiger partial charge < -0.3 is 9.80 Å². The van der Waals surface area contributed by atoms with Gasteiger partial charge in [0.15, 0.2) is 11.6 Å². The van der Waals surface area contributed by atoms with Crippen molar-refractivity contribution in [1.82, 2.24) is 4.90 Å². The molecular formula is C12H16F2N2. The fraction of sp³-hybridized carbons (Fsp3) is 0.500. The minimum atomic E-state index is -0.782. The lowest BCUT2D eigenvalue weighted by molar-refractivity contribution is 0.271. The number of nitrogens with zero attached hydrogens (tertiary/aromatic N) is 2. The van der Waals surface area contributed by atoms with Gasteiger partial charge in [-0.3, -0.25) is 0 Å². The number of hydrogen-bond donors (Lipinski definition) is 0. The van der Waals surface area contributed by atoms with Crippen molar-refractivity contribution in [3.63, 3.8) is 0 Å². The zero-order chi connectivity index (χ0) is 11.5. The van der Waals surface area contributed by atoms with Crippen LogP contribution in [0.3, 0.4) is 0 Å². The van der Waals surface area contributed by atoms with Crippen molar-refractivity contribution in [2.24, 2.45) is 0 Å². The third-order valence-corrected chi connectivity index (χ3v) is 3.09. The second-order valence-corrected chi connectivity index (χ2v) is 4.02. The van der Waals surface area contributed by atoms with E-state index in [4.69, 9.17) is 0 Å². The SMILES string of the molecule is CCN1CCN(c2ccc(F)c(F)c2)CC1. The number of piperazine rings is 1. The quantitative estimate of drug-likeness (QED) is 0.762. The van der Waals surface area contributed by atoms with Crippen LogP contribution in [0.1, 0.15) is 6.92 Å². The molecule has 2 nitrogen and oxygen atoms in total. The summed E-state index contributed by atoms with van der Waals surface area (Å²) in [6.45, 7) is 6.89. The molecule has 88 valence electrons. The minimum absolute atomic E-state index is 0.768. The summed E-state index contributed by atoms with van der Waals surface area (Å²) in [5, 5.41) is 0. The van der Waals surface area contributed by atoms with Gasteiger partial charge in [0, 0.05) is 37.9 Å². The minimum Gasteiger partial charge on any atom is -0.369 e. The Morgan fingerprint density at radius 2 is 1.75 bits per heavy atom. The van der Waals surface area contributed by atoms with Gasteiger partial charge in [0.1, 0.15) is 0 Å². The zero-order valence-corrected chi connectivity index (χ0v) is 9.42. The molecule has 2 rings (SSSR count). The highest BCUT2D eigenvalue weighted by Crippen LogP contribution is 2.19. The van der Waals surface area contributed by atoms with Crippen molar-refractivity contribution in [2.75, 3.05) is 37.6 Å². The van der Waals surface area contributed by atoms with Crippen molar-refractivity contribution in [1.29, 1.82) is 0 Å². The van der Waals surface area contributed by atoms with Crippen LogP contribution in [0.25, 0.3) is 0 Å². The van der Waals surface area contributed by atoms with E-state index in [0.717, 1.165) is 38.4 Å². The molecule has 0 radical (unpaired) electrons. The largest absolute Gasteiger partial charge is 0.369 e. The van der Waals surface area contributed by atoms with Crippen LogP contribution in [0, 0.1) is 11.6 Å². The second kappa shape index (κ2) is 4.78. The van der Waals surface area contributed by atoms with Crippen LogP contribution in [0.4, 0.5) is 14.5 Å². The molecule has 0 unspecified atom stereocenters. The molecule has 1 aromatic rings. The summed E-state index contributed by atoms with van der Waals surface area (Å²) in [4.78, 5) is 4.44. The summed E-state index contributed by atoms with van der Waals surface area (Å²) in [5.41, 5.74) is 0.773. The molecule has 1 heterocycles. The van der Waals surface area contributed by atoms with Crippen LogP contribution < -0.4 is 4.90 Å². The highest BCUT2D eigenvalue weighted by atomic mass is 19.2. The molecule has 1 aromatic carbocycles. The molecular weight excluding hydrogens is 210 g/mol. The van der Waals surface area contributed by atoms with Gasteiger partial charge in [0.2, 0.25) is 0 Å². The Labute approximate surface area is 94.5 Å². The van der Waals surface area contributed by atoms with E-state index in [1.54, 1.807) is 6.07 Å². The van der Waals surface area contributed by atoms with Crippen LogP contribution >= 0.6 is 0 Å². The second-order valence-electron chi connectivity index (χ2n) is 4.02. The van der Waals surface area contributed by atoms with Gasteiger partial charge in [-0.25, -0.2) is 8.78 Å². The van der Waals surface area contributed by atoms with E-state index in [2.05, 4.69) is 16.7 Å². The van der Waals surface area contributed by atoms with Crippen molar-refractivity contribution >= 4 is 5.69 Å². The molecule has 0 amide bonds. The topological polar surface area (TPSA) is 6.48 Å². The average molecular weight is 226 g/mol. The van der Waals surface area contributed by atoms with E-state index >= 15 is 0 Å². The maximum atomic E-state index is 13.1. The van der Waals surface area contributed by atoms with Gasteiger partial charge >= 0.3 is 0 Å². The number of hydrogen-bond acceptors (Lipinski definition) is 2. The first-order valence-corrected chi connectivity index (χ1v) is 5.63. The van der Waals surface area contributed by atoms with Crippen molar-refractivity contribution in [3.8, 4) is 0 Å². The van der Waals surface area contributed by atoms with E-state index in [-0.39, 0.29) is 0 Å². The zero-order valence-electron chi connectivity index (χ0n) is 9.42. The maximum absolute atomic E-state index is 13.1. The van der Waals surface area contributed by atoms with Crippen molar-refractivity contribution in [2.45, 2.75) is 6.92 Å². The van der Waals surface area contributed by atoms with Crippen molar-refractivity contribution in [3.05, 3.63) is 29.8 Å². The van der Waals surface area contributed by atoms with Gasteiger partial charge in [-0.2, -0.15) is 0 Å². The van der Waals surface area contributed by atoms with E-state index in [1.165, 1.54) is 12.1 Å².